The van der Waals surface area contributed by atoms with Crippen LogP contribution in [0.3, 0.4) is 0 Å². The van der Waals surface area contributed by atoms with Crippen molar-refractivity contribution in [2.75, 3.05) is 6.61 Å². The number of ketones is 1. The second-order valence-electron chi connectivity index (χ2n) is 6.08. The lowest BCUT2D eigenvalue weighted by Crippen LogP contribution is -2.40. The molecule has 96 valence electrons. The van der Waals surface area contributed by atoms with Crippen molar-refractivity contribution in [3.63, 3.8) is 0 Å². The first-order chi connectivity index (χ1) is 8.25. The molecule has 2 N–H and O–H groups in total. The van der Waals surface area contributed by atoms with Crippen molar-refractivity contribution < 1.29 is 9.53 Å². The fraction of sp³-hybridized carbons (Fsp3) is 0.929. The number of fused-ring (bicyclic) bond motifs is 2. The summed E-state index contributed by atoms with van der Waals surface area (Å²) in [5.74, 6) is 1.83. The molecule has 0 aromatic carbocycles. The van der Waals surface area contributed by atoms with Crippen LogP contribution in [-0.4, -0.2) is 24.5 Å². The van der Waals surface area contributed by atoms with Crippen molar-refractivity contribution in [3.05, 3.63) is 0 Å². The summed E-state index contributed by atoms with van der Waals surface area (Å²) < 4.78 is 5.57. The van der Waals surface area contributed by atoms with E-state index in [9.17, 15) is 4.79 Å². The summed E-state index contributed by atoms with van der Waals surface area (Å²) in [6, 6.07) is 0.158. The van der Waals surface area contributed by atoms with Gasteiger partial charge in [0.1, 0.15) is 5.78 Å². The Morgan fingerprint density at radius 3 is 2.71 bits per heavy atom. The number of ether oxygens (including phenoxy) is 1. The predicted octanol–water partition coefficient (Wildman–Crippen LogP) is 1.89. The monoisotopic (exact) mass is 237 g/mol. The fourth-order valence-corrected chi connectivity index (χ4v) is 4.16. The van der Waals surface area contributed by atoms with Crippen LogP contribution >= 0.6 is 0 Å². The smallest absolute Gasteiger partial charge is 0.137 e. The molecule has 3 nitrogen and oxygen atoms in total. The van der Waals surface area contributed by atoms with Gasteiger partial charge < -0.3 is 10.5 Å². The Balaban J connectivity index is 1.52. The molecular weight excluding hydrogens is 214 g/mol. The average Bonchev–Trinajstić information content (AvgIpc) is 3.02. The Morgan fingerprint density at radius 1 is 1.24 bits per heavy atom. The van der Waals surface area contributed by atoms with Crippen LogP contribution in [0.1, 0.15) is 44.9 Å². The van der Waals surface area contributed by atoms with E-state index >= 15 is 0 Å². The minimum atomic E-state index is 0.158. The minimum absolute atomic E-state index is 0.158. The van der Waals surface area contributed by atoms with Gasteiger partial charge in [-0.15, -0.1) is 0 Å². The molecule has 0 aromatic rings. The summed E-state index contributed by atoms with van der Waals surface area (Å²) in [6.45, 7) is 0.881. The molecule has 3 rings (SSSR count). The lowest BCUT2D eigenvalue weighted by Gasteiger charge is -2.27. The quantitative estimate of drug-likeness (QED) is 0.812. The molecule has 0 amide bonds. The van der Waals surface area contributed by atoms with Crippen LogP contribution in [0.25, 0.3) is 0 Å². The first kappa shape index (κ1) is 11.7. The molecule has 17 heavy (non-hydrogen) atoms. The number of nitrogens with two attached hydrogens (primary N) is 1. The SMILES string of the molecule is NC1C2CCC(C2)C1C(=O)CCC1CCCO1. The molecule has 3 heteroatoms. The van der Waals surface area contributed by atoms with E-state index < -0.39 is 0 Å². The molecule has 5 atom stereocenters. The van der Waals surface area contributed by atoms with Gasteiger partial charge in [-0.05, 0) is 50.4 Å². The topological polar surface area (TPSA) is 52.3 Å². The second-order valence-corrected chi connectivity index (χ2v) is 6.08. The van der Waals surface area contributed by atoms with Crippen LogP contribution in [0.4, 0.5) is 0 Å². The summed E-state index contributed by atoms with van der Waals surface area (Å²) in [6.07, 6.45) is 7.93. The van der Waals surface area contributed by atoms with E-state index in [1.54, 1.807) is 0 Å². The number of hydrogen-bond acceptors (Lipinski definition) is 3. The van der Waals surface area contributed by atoms with Crippen molar-refractivity contribution >= 4 is 5.78 Å². The van der Waals surface area contributed by atoms with E-state index in [0.29, 0.717) is 30.1 Å². The van der Waals surface area contributed by atoms with Gasteiger partial charge in [0.05, 0.1) is 6.10 Å². The molecule has 1 aliphatic heterocycles. The van der Waals surface area contributed by atoms with Crippen LogP contribution in [0.2, 0.25) is 0 Å². The van der Waals surface area contributed by atoms with E-state index in [2.05, 4.69) is 0 Å². The van der Waals surface area contributed by atoms with Crippen molar-refractivity contribution in [1.29, 1.82) is 0 Å². The van der Waals surface area contributed by atoms with E-state index in [1.807, 2.05) is 0 Å². The Morgan fingerprint density at radius 2 is 2.06 bits per heavy atom. The predicted molar refractivity (Wildman–Crippen MR) is 65.5 cm³/mol. The minimum Gasteiger partial charge on any atom is -0.378 e. The molecule has 2 aliphatic carbocycles. The van der Waals surface area contributed by atoms with Gasteiger partial charge in [0.2, 0.25) is 0 Å². The maximum atomic E-state index is 12.3. The highest BCUT2D eigenvalue weighted by atomic mass is 16.5. The Hall–Kier alpha value is -0.410. The zero-order chi connectivity index (χ0) is 11.8. The average molecular weight is 237 g/mol. The van der Waals surface area contributed by atoms with Gasteiger partial charge >= 0.3 is 0 Å². The van der Waals surface area contributed by atoms with Crippen LogP contribution in [-0.2, 0) is 9.53 Å². The van der Waals surface area contributed by atoms with Gasteiger partial charge in [-0.25, -0.2) is 0 Å². The lowest BCUT2D eigenvalue weighted by atomic mass is 9.80. The van der Waals surface area contributed by atoms with Gasteiger partial charge in [0, 0.05) is 25.0 Å². The van der Waals surface area contributed by atoms with Gasteiger partial charge in [-0.1, -0.05) is 0 Å². The second kappa shape index (κ2) is 4.69. The van der Waals surface area contributed by atoms with Crippen molar-refractivity contribution in [1.82, 2.24) is 0 Å². The zero-order valence-electron chi connectivity index (χ0n) is 10.4. The highest BCUT2D eigenvalue weighted by Gasteiger charge is 2.48. The summed E-state index contributed by atoms with van der Waals surface area (Å²) in [5, 5.41) is 0. The van der Waals surface area contributed by atoms with Crippen LogP contribution in [0.5, 0.6) is 0 Å². The van der Waals surface area contributed by atoms with E-state index in [0.717, 1.165) is 25.9 Å². The summed E-state index contributed by atoms with van der Waals surface area (Å²) in [4.78, 5) is 12.3. The third kappa shape index (κ3) is 2.15. The number of hydrogen-bond donors (Lipinski definition) is 1. The van der Waals surface area contributed by atoms with Crippen LogP contribution in [0.15, 0.2) is 0 Å². The number of carbonyl (C=O) groups excluding carboxylic acids is 1. The molecule has 2 bridgehead atoms. The van der Waals surface area contributed by atoms with Gasteiger partial charge in [-0.3, -0.25) is 4.79 Å². The highest BCUT2D eigenvalue weighted by Crippen LogP contribution is 2.48. The maximum absolute atomic E-state index is 12.3. The molecule has 3 aliphatic rings. The molecule has 2 saturated carbocycles. The standard InChI is InChI=1S/C14H23NO2/c15-14-10-4-3-9(8-10)13(14)12(16)6-5-11-2-1-7-17-11/h9-11,13-14H,1-8,15H2. The molecule has 5 unspecified atom stereocenters. The van der Waals surface area contributed by atoms with Crippen LogP contribution in [0, 0.1) is 17.8 Å². The van der Waals surface area contributed by atoms with E-state index in [4.69, 9.17) is 10.5 Å². The third-order valence-corrected chi connectivity index (χ3v) is 5.09. The number of rotatable bonds is 4. The summed E-state index contributed by atoms with van der Waals surface area (Å²) in [5.41, 5.74) is 6.20. The molecular formula is C14H23NO2. The summed E-state index contributed by atoms with van der Waals surface area (Å²) in [7, 11) is 0. The van der Waals surface area contributed by atoms with E-state index in [-0.39, 0.29) is 12.0 Å². The number of carbonyl (C=O) groups is 1. The first-order valence-electron chi connectivity index (χ1n) is 7.15. The van der Waals surface area contributed by atoms with Crippen molar-refractivity contribution in [2.24, 2.45) is 23.5 Å². The molecule has 1 heterocycles. The third-order valence-electron chi connectivity index (χ3n) is 5.09. The maximum Gasteiger partial charge on any atom is 0.137 e. The highest BCUT2D eigenvalue weighted by molar-refractivity contribution is 5.82. The Bertz CT molecular complexity index is 297. The summed E-state index contributed by atoms with van der Waals surface area (Å²) >= 11 is 0. The Kier molecular flexibility index (Phi) is 3.22. The Labute approximate surface area is 103 Å². The van der Waals surface area contributed by atoms with Crippen molar-refractivity contribution in [3.8, 4) is 0 Å². The molecule has 0 aromatic heterocycles. The molecule has 3 fully saturated rings. The normalized spacial score (nSPS) is 44.4. The lowest BCUT2D eigenvalue weighted by molar-refractivity contribution is -0.125. The van der Waals surface area contributed by atoms with Gasteiger partial charge in [0.25, 0.3) is 0 Å². The van der Waals surface area contributed by atoms with E-state index in [1.165, 1.54) is 19.3 Å². The van der Waals surface area contributed by atoms with Crippen molar-refractivity contribution in [2.45, 2.75) is 57.1 Å². The largest absolute Gasteiger partial charge is 0.378 e. The zero-order valence-corrected chi connectivity index (χ0v) is 10.4. The van der Waals surface area contributed by atoms with Crippen LogP contribution < -0.4 is 5.73 Å². The number of Topliss-reactive ketones (excluding diaryl/α,β-unsaturated/α-hetero) is 1. The molecule has 0 spiro atoms. The molecule has 0 radical (unpaired) electrons. The molecule has 1 saturated heterocycles. The van der Waals surface area contributed by atoms with Gasteiger partial charge in [-0.2, -0.15) is 0 Å². The van der Waals surface area contributed by atoms with Gasteiger partial charge in [0.15, 0.2) is 0 Å². The fourth-order valence-electron chi connectivity index (χ4n) is 4.16. The first-order valence-corrected chi connectivity index (χ1v) is 7.15.